The second-order valence-corrected chi connectivity index (χ2v) is 5.45. The van der Waals surface area contributed by atoms with Crippen LogP contribution < -0.4 is 19.5 Å². The van der Waals surface area contributed by atoms with Crippen LogP contribution in [0.5, 0.6) is 17.2 Å². The van der Waals surface area contributed by atoms with Crippen LogP contribution >= 0.6 is 12.4 Å². The number of nitrogens with one attached hydrogen (secondary N) is 1. The Morgan fingerprint density at radius 2 is 1.52 bits per heavy atom. The van der Waals surface area contributed by atoms with Gasteiger partial charge in [-0.15, -0.1) is 12.4 Å². The van der Waals surface area contributed by atoms with Crippen molar-refractivity contribution in [3.63, 3.8) is 0 Å². The van der Waals surface area contributed by atoms with E-state index in [1.165, 1.54) is 0 Å². The molecule has 1 unspecified atom stereocenters. The minimum atomic E-state index is -1.03. The summed E-state index contributed by atoms with van der Waals surface area (Å²) in [5, 5.41) is 21.3. The molecule has 2 rings (SSSR count). The van der Waals surface area contributed by atoms with E-state index in [0.717, 1.165) is 12.2 Å². The Balaban J connectivity index is 0.00000364. The minimum absolute atomic E-state index is 0. The van der Waals surface area contributed by atoms with Gasteiger partial charge in [0.05, 0.1) is 6.61 Å². The predicted octanol–water partition coefficient (Wildman–Crippen LogP) is 2.33. The Morgan fingerprint density at radius 3 is 2.15 bits per heavy atom. The fraction of sp³-hybridized carbons (Fsp3) is 0.316. The van der Waals surface area contributed by atoms with Crippen LogP contribution in [0.3, 0.4) is 0 Å². The molecule has 2 aromatic carbocycles. The molecule has 148 valence electrons. The number of hydrogen-bond acceptors (Lipinski definition) is 6. The Morgan fingerprint density at radius 1 is 0.926 bits per heavy atom. The fourth-order valence-corrected chi connectivity index (χ4v) is 2.06. The monoisotopic (exact) mass is 397 g/mol. The van der Waals surface area contributed by atoms with Gasteiger partial charge in [-0.2, -0.15) is 0 Å². The maximum Gasteiger partial charge on any atom is 0.341 e. The van der Waals surface area contributed by atoms with Crippen LogP contribution in [0.2, 0.25) is 0 Å². The third-order valence-electron chi connectivity index (χ3n) is 3.31. The summed E-state index contributed by atoms with van der Waals surface area (Å²) in [4.78, 5) is 10.4. The smallest absolute Gasteiger partial charge is 0.341 e. The van der Waals surface area contributed by atoms with Crippen LogP contribution in [-0.4, -0.2) is 48.8 Å². The Hall–Kier alpha value is -2.48. The molecule has 0 spiro atoms. The van der Waals surface area contributed by atoms with Gasteiger partial charge in [-0.05, 0) is 42.8 Å². The lowest BCUT2D eigenvalue weighted by Gasteiger charge is -2.14. The number of halogens is 1. The number of rotatable bonds is 12. The molecule has 0 aliphatic carbocycles. The van der Waals surface area contributed by atoms with Gasteiger partial charge < -0.3 is 24.4 Å². The van der Waals surface area contributed by atoms with E-state index in [0.29, 0.717) is 24.7 Å². The number of aliphatic carboxylic acids is 1. The highest BCUT2D eigenvalue weighted by Crippen LogP contribution is 2.17. The first-order valence-corrected chi connectivity index (χ1v) is 8.30. The van der Waals surface area contributed by atoms with E-state index in [2.05, 4.69) is 5.32 Å². The van der Waals surface area contributed by atoms with Crippen molar-refractivity contribution in [1.29, 1.82) is 0 Å². The van der Waals surface area contributed by atoms with Crippen molar-refractivity contribution in [2.75, 3.05) is 26.4 Å². The molecule has 0 radical (unpaired) electrons. The van der Waals surface area contributed by atoms with Crippen LogP contribution in [0.15, 0.2) is 54.6 Å². The van der Waals surface area contributed by atoms with Crippen LogP contribution in [0.1, 0.15) is 6.42 Å². The van der Waals surface area contributed by atoms with Gasteiger partial charge in [0.25, 0.3) is 0 Å². The molecule has 0 bridgehead atoms. The predicted molar refractivity (Wildman–Crippen MR) is 103 cm³/mol. The molecule has 1 atom stereocenters. The van der Waals surface area contributed by atoms with E-state index < -0.39 is 18.8 Å². The van der Waals surface area contributed by atoms with Crippen LogP contribution in [0.4, 0.5) is 0 Å². The molecule has 0 heterocycles. The van der Waals surface area contributed by atoms with E-state index in [-0.39, 0.29) is 19.0 Å². The third-order valence-corrected chi connectivity index (χ3v) is 3.31. The van der Waals surface area contributed by atoms with Gasteiger partial charge in [-0.25, -0.2) is 4.79 Å². The zero-order valence-corrected chi connectivity index (χ0v) is 15.6. The lowest BCUT2D eigenvalue weighted by atomic mass is 10.3. The summed E-state index contributed by atoms with van der Waals surface area (Å²) in [6, 6.07) is 16.1. The van der Waals surface area contributed by atoms with E-state index in [1.54, 1.807) is 24.3 Å². The summed E-state index contributed by atoms with van der Waals surface area (Å²) in [5.74, 6) is 0.790. The maximum atomic E-state index is 10.4. The number of para-hydroxylation sites is 1. The van der Waals surface area contributed by atoms with Crippen molar-refractivity contribution >= 4 is 18.4 Å². The SMILES string of the molecule is Cl.O=C(O)COc1ccc(OCC(O)NCCCOc2ccccc2)cc1. The standard InChI is InChI=1S/C19H23NO6.ClH/c21-18(20-11-4-12-24-15-5-2-1-3-6-15)13-25-16-7-9-17(10-8-16)26-14-19(22)23;/h1-3,5-10,18,20-21H,4,11-14H2,(H,22,23);1H. The molecular weight excluding hydrogens is 374 g/mol. The Labute approximate surface area is 164 Å². The molecule has 0 saturated heterocycles. The van der Waals surface area contributed by atoms with Crippen LogP contribution in [0.25, 0.3) is 0 Å². The van der Waals surface area contributed by atoms with Crippen molar-refractivity contribution < 1.29 is 29.2 Å². The second kappa shape index (κ2) is 12.8. The molecule has 0 amide bonds. The van der Waals surface area contributed by atoms with E-state index in [4.69, 9.17) is 19.3 Å². The summed E-state index contributed by atoms with van der Waals surface area (Å²) >= 11 is 0. The maximum absolute atomic E-state index is 10.4. The van der Waals surface area contributed by atoms with E-state index >= 15 is 0 Å². The molecule has 2 aromatic rings. The number of hydrogen-bond donors (Lipinski definition) is 3. The van der Waals surface area contributed by atoms with Crippen LogP contribution in [-0.2, 0) is 4.79 Å². The molecule has 0 aliphatic rings. The molecule has 7 nitrogen and oxygen atoms in total. The van der Waals surface area contributed by atoms with Crippen molar-refractivity contribution in [3.8, 4) is 17.2 Å². The summed E-state index contributed by atoms with van der Waals surface area (Å²) in [5.41, 5.74) is 0. The average Bonchev–Trinajstić information content (AvgIpc) is 2.66. The molecular formula is C19H24ClNO6. The molecule has 8 heteroatoms. The number of carboxylic acid groups (broad SMARTS) is 1. The van der Waals surface area contributed by atoms with Gasteiger partial charge in [0.15, 0.2) is 6.61 Å². The van der Waals surface area contributed by atoms with E-state index in [1.807, 2.05) is 30.3 Å². The highest BCUT2D eigenvalue weighted by molar-refractivity contribution is 5.85. The molecule has 0 aromatic heterocycles. The molecule has 0 saturated carbocycles. The molecule has 0 aliphatic heterocycles. The number of ether oxygens (including phenoxy) is 3. The first kappa shape index (κ1) is 22.6. The largest absolute Gasteiger partial charge is 0.494 e. The zero-order chi connectivity index (χ0) is 18.6. The van der Waals surface area contributed by atoms with Gasteiger partial charge in [0.2, 0.25) is 0 Å². The minimum Gasteiger partial charge on any atom is -0.494 e. The van der Waals surface area contributed by atoms with Crippen molar-refractivity contribution in [1.82, 2.24) is 5.32 Å². The first-order valence-electron chi connectivity index (χ1n) is 8.30. The summed E-state index contributed by atoms with van der Waals surface area (Å²) in [7, 11) is 0. The lowest BCUT2D eigenvalue weighted by Crippen LogP contribution is -2.35. The number of carboxylic acids is 1. The van der Waals surface area contributed by atoms with Crippen molar-refractivity contribution in [2.45, 2.75) is 12.6 Å². The average molecular weight is 398 g/mol. The highest BCUT2D eigenvalue weighted by atomic mass is 35.5. The number of aliphatic hydroxyl groups is 1. The second-order valence-electron chi connectivity index (χ2n) is 5.45. The van der Waals surface area contributed by atoms with Crippen molar-refractivity contribution in [2.24, 2.45) is 0 Å². The van der Waals surface area contributed by atoms with E-state index in [9.17, 15) is 9.90 Å². The van der Waals surface area contributed by atoms with Crippen LogP contribution in [0, 0.1) is 0 Å². The Bertz CT molecular complexity index is 653. The molecule has 27 heavy (non-hydrogen) atoms. The fourth-order valence-electron chi connectivity index (χ4n) is 2.06. The summed E-state index contributed by atoms with van der Waals surface area (Å²) in [6.07, 6.45) is -0.0451. The van der Waals surface area contributed by atoms with Crippen molar-refractivity contribution in [3.05, 3.63) is 54.6 Å². The quantitative estimate of drug-likeness (QED) is 0.373. The zero-order valence-electron chi connectivity index (χ0n) is 14.7. The normalized spacial score (nSPS) is 11.1. The van der Waals surface area contributed by atoms with Gasteiger partial charge >= 0.3 is 5.97 Å². The highest BCUT2D eigenvalue weighted by Gasteiger charge is 2.05. The number of carbonyl (C=O) groups is 1. The first-order chi connectivity index (χ1) is 12.6. The topological polar surface area (TPSA) is 97.3 Å². The van der Waals surface area contributed by atoms with Gasteiger partial charge in [-0.3, -0.25) is 5.32 Å². The van der Waals surface area contributed by atoms with Gasteiger partial charge in [0, 0.05) is 6.54 Å². The molecule has 3 N–H and O–H groups in total. The summed E-state index contributed by atoms with van der Waals surface area (Å²) < 4.78 is 16.0. The van der Waals surface area contributed by atoms with Gasteiger partial charge in [0.1, 0.15) is 30.1 Å². The van der Waals surface area contributed by atoms with Gasteiger partial charge in [-0.1, -0.05) is 18.2 Å². The Kier molecular flexibility index (Phi) is 10.7. The third kappa shape index (κ3) is 9.69. The summed E-state index contributed by atoms with van der Waals surface area (Å²) in [6.45, 7) is 0.855. The lowest BCUT2D eigenvalue weighted by molar-refractivity contribution is -0.139. The number of aliphatic hydroxyl groups excluding tert-OH is 1. The number of benzene rings is 2. The molecule has 0 fully saturated rings.